The number of hydrogen-bond acceptors (Lipinski definition) is 7. The van der Waals surface area contributed by atoms with Crippen LogP contribution in [-0.2, 0) is 14.6 Å². The number of aromatic nitrogens is 1. The molecule has 2 aromatic carbocycles. The fourth-order valence-corrected chi connectivity index (χ4v) is 3.89. The summed E-state index contributed by atoms with van der Waals surface area (Å²) in [6.07, 6.45) is 0.694. The summed E-state index contributed by atoms with van der Waals surface area (Å²) in [5, 5.41) is 2.89. The van der Waals surface area contributed by atoms with Crippen molar-refractivity contribution in [2.45, 2.75) is 16.3 Å². The van der Waals surface area contributed by atoms with Gasteiger partial charge >= 0.3 is 0 Å². The van der Waals surface area contributed by atoms with E-state index in [9.17, 15) is 8.42 Å². The maximum atomic E-state index is 13.1. The van der Waals surface area contributed by atoms with E-state index in [4.69, 9.17) is 13.9 Å². The molecule has 28 heavy (non-hydrogen) atoms. The SMILES string of the molecule is COCCCNc1oc(-c2ccc(OC)cc2)nc1S(=O)(=O)c1ccccc1. The molecule has 0 aliphatic heterocycles. The predicted molar refractivity (Wildman–Crippen MR) is 105 cm³/mol. The Morgan fingerprint density at radius 2 is 1.75 bits per heavy atom. The van der Waals surface area contributed by atoms with Crippen LogP contribution in [0.5, 0.6) is 5.75 Å². The molecule has 0 amide bonds. The van der Waals surface area contributed by atoms with Crippen molar-refractivity contribution in [2.24, 2.45) is 0 Å². The Morgan fingerprint density at radius 3 is 2.39 bits per heavy atom. The van der Waals surface area contributed by atoms with E-state index in [0.29, 0.717) is 30.9 Å². The van der Waals surface area contributed by atoms with Crippen molar-refractivity contribution < 1.29 is 22.3 Å². The first-order valence-corrected chi connectivity index (χ1v) is 10.2. The quantitative estimate of drug-likeness (QED) is 0.547. The van der Waals surface area contributed by atoms with E-state index < -0.39 is 9.84 Å². The molecule has 0 atom stereocenters. The van der Waals surface area contributed by atoms with Crippen molar-refractivity contribution in [3.63, 3.8) is 0 Å². The molecule has 0 aliphatic carbocycles. The normalized spacial score (nSPS) is 11.4. The summed E-state index contributed by atoms with van der Waals surface area (Å²) < 4.78 is 42.1. The number of benzene rings is 2. The molecule has 0 radical (unpaired) electrons. The highest BCUT2D eigenvalue weighted by Crippen LogP contribution is 2.32. The van der Waals surface area contributed by atoms with Crippen LogP contribution in [0.1, 0.15) is 6.42 Å². The highest BCUT2D eigenvalue weighted by atomic mass is 32.2. The second-order valence-corrected chi connectivity index (χ2v) is 7.84. The molecule has 1 heterocycles. The lowest BCUT2D eigenvalue weighted by molar-refractivity contribution is 0.197. The predicted octanol–water partition coefficient (Wildman–Crippen LogP) is 3.63. The number of methoxy groups -OCH3 is 2. The van der Waals surface area contributed by atoms with Crippen LogP contribution in [0.3, 0.4) is 0 Å². The number of oxazole rings is 1. The van der Waals surface area contributed by atoms with Crippen LogP contribution in [-0.4, -0.2) is 40.8 Å². The lowest BCUT2D eigenvalue weighted by atomic mass is 10.2. The molecule has 0 spiro atoms. The molecule has 0 saturated carbocycles. The highest BCUT2D eigenvalue weighted by molar-refractivity contribution is 7.91. The Kier molecular flexibility index (Phi) is 6.33. The summed E-state index contributed by atoms with van der Waals surface area (Å²) in [6, 6.07) is 15.2. The third kappa shape index (κ3) is 4.35. The van der Waals surface area contributed by atoms with Crippen molar-refractivity contribution in [3.8, 4) is 17.2 Å². The van der Waals surface area contributed by atoms with Crippen LogP contribution >= 0.6 is 0 Å². The Labute approximate surface area is 164 Å². The van der Waals surface area contributed by atoms with Crippen molar-refractivity contribution in [1.29, 1.82) is 0 Å². The first-order valence-electron chi connectivity index (χ1n) is 8.74. The van der Waals surface area contributed by atoms with E-state index in [1.807, 2.05) is 0 Å². The standard InChI is InChI=1S/C20H22N2O5S/c1-25-14-6-13-21-19-20(28(23,24)17-7-4-3-5-8-17)22-18(27-19)15-9-11-16(26-2)12-10-15/h3-5,7-12,21H,6,13-14H2,1-2H3. The summed E-state index contributed by atoms with van der Waals surface area (Å²) in [4.78, 5) is 4.45. The number of ether oxygens (including phenoxy) is 2. The second-order valence-electron chi connectivity index (χ2n) is 5.97. The molecule has 0 fully saturated rings. The van der Waals surface area contributed by atoms with Gasteiger partial charge in [0.2, 0.25) is 26.6 Å². The number of nitrogens with zero attached hydrogens (tertiary/aromatic N) is 1. The van der Waals surface area contributed by atoms with Gasteiger partial charge in [-0.3, -0.25) is 0 Å². The van der Waals surface area contributed by atoms with E-state index >= 15 is 0 Å². The summed E-state index contributed by atoms with van der Waals surface area (Å²) in [7, 11) is -0.647. The number of nitrogens with one attached hydrogen (secondary N) is 1. The molecular formula is C20H22N2O5S. The van der Waals surface area contributed by atoms with Crippen LogP contribution in [0, 0.1) is 0 Å². The third-order valence-electron chi connectivity index (χ3n) is 4.05. The smallest absolute Gasteiger partial charge is 0.233 e. The molecular weight excluding hydrogens is 380 g/mol. The molecule has 7 nitrogen and oxygen atoms in total. The van der Waals surface area contributed by atoms with Gasteiger partial charge in [0, 0.05) is 25.8 Å². The molecule has 0 unspecified atom stereocenters. The monoisotopic (exact) mass is 402 g/mol. The Balaban J connectivity index is 1.99. The van der Waals surface area contributed by atoms with Gasteiger partial charge in [-0.1, -0.05) is 18.2 Å². The zero-order valence-corrected chi connectivity index (χ0v) is 16.5. The summed E-state index contributed by atoms with van der Waals surface area (Å²) >= 11 is 0. The number of anilines is 1. The summed E-state index contributed by atoms with van der Waals surface area (Å²) in [5.41, 5.74) is 0.648. The van der Waals surface area contributed by atoms with Crippen molar-refractivity contribution in [2.75, 3.05) is 32.7 Å². The van der Waals surface area contributed by atoms with Gasteiger partial charge in [0.1, 0.15) is 5.75 Å². The van der Waals surface area contributed by atoms with E-state index in [-0.39, 0.29) is 21.7 Å². The maximum Gasteiger partial charge on any atom is 0.233 e. The van der Waals surface area contributed by atoms with Crippen LogP contribution in [0.25, 0.3) is 11.5 Å². The minimum atomic E-state index is -3.84. The lowest BCUT2D eigenvalue weighted by Crippen LogP contribution is -2.09. The van der Waals surface area contributed by atoms with Gasteiger partial charge in [-0.25, -0.2) is 8.42 Å². The summed E-state index contributed by atoms with van der Waals surface area (Å²) in [6.45, 7) is 1.04. The minimum absolute atomic E-state index is 0.116. The van der Waals surface area contributed by atoms with Crippen LogP contribution in [0.15, 0.2) is 68.9 Å². The van der Waals surface area contributed by atoms with Gasteiger partial charge in [0.25, 0.3) is 0 Å². The van der Waals surface area contributed by atoms with Gasteiger partial charge in [0.15, 0.2) is 0 Å². The maximum absolute atomic E-state index is 13.1. The fraction of sp³-hybridized carbons (Fsp3) is 0.250. The average molecular weight is 402 g/mol. The first-order chi connectivity index (χ1) is 13.6. The Bertz CT molecular complexity index is 999. The van der Waals surface area contributed by atoms with E-state index in [1.54, 1.807) is 56.7 Å². The van der Waals surface area contributed by atoms with Crippen molar-refractivity contribution in [1.82, 2.24) is 4.98 Å². The van der Waals surface area contributed by atoms with Gasteiger partial charge in [-0.2, -0.15) is 4.98 Å². The first kappa shape index (κ1) is 19.9. The Morgan fingerprint density at radius 1 is 1.04 bits per heavy atom. The number of sulfone groups is 1. The molecule has 0 saturated heterocycles. The Hall–Kier alpha value is -2.84. The third-order valence-corrected chi connectivity index (χ3v) is 5.73. The summed E-state index contributed by atoms with van der Waals surface area (Å²) in [5.74, 6) is 1.02. The molecule has 0 aliphatic rings. The minimum Gasteiger partial charge on any atom is -0.497 e. The van der Waals surface area contributed by atoms with Gasteiger partial charge < -0.3 is 19.2 Å². The fourth-order valence-electron chi connectivity index (χ4n) is 2.59. The zero-order valence-electron chi connectivity index (χ0n) is 15.7. The van der Waals surface area contributed by atoms with Gasteiger partial charge in [0.05, 0.1) is 12.0 Å². The second kappa shape index (κ2) is 8.90. The molecule has 1 aromatic heterocycles. The molecule has 1 N–H and O–H groups in total. The molecule has 3 rings (SSSR count). The van der Waals surface area contributed by atoms with Gasteiger partial charge in [-0.05, 0) is 42.8 Å². The van der Waals surface area contributed by atoms with E-state index in [0.717, 1.165) is 0 Å². The van der Waals surface area contributed by atoms with Crippen LogP contribution in [0.4, 0.5) is 5.88 Å². The van der Waals surface area contributed by atoms with Crippen molar-refractivity contribution >= 4 is 15.7 Å². The lowest BCUT2D eigenvalue weighted by Gasteiger charge is -2.05. The van der Waals surface area contributed by atoms with E-state index in [1.165, 1.54) is 12.1 Å². The average Bonchev–Trinajstić information content (AvgIpc) is 3.17. The molecule has 148 valence electrons. The zero-order chi connectivity index (χ0) is 20.0. The highest BCUT2D eigenvalue weighted by Gasteiger charge is 2.28. The van der Waals surface area contributed by atoms with Crippen molar-refractivity contribution in [3.05, 3.63) is 54.6 Å². The molecule has 0 bridgehead atoms. The largest absolute Gasteiger partial charge is 0.497 e. The molecule has 8 heteroatoms. The number of hydrogen-bond donors (Lipinski definition) is 1. The topological polar surface area (TPSA) is 90.7 Å². The van der Waals surface area contributed by atoms with Gasteiger partial charge in [-0.15, -0.1) is 0 Å². The van der Waals surface area contributed by atoms with E-state index in [2.05, 4.69) is 10.3 Å². The molecule has 3 aromatic rings. The van der Waals surface area contributed by atoms with Crippen LogP contribution in [0.2, 0.25) is 0 Å². The number of rotatable bonds is 9. The van der Waals surface area contributed by atoms with Crippen LogP contribution < -0.4 is 10.1 Å².